The van der Waals surface area contributed by atoms with Crippen molar-refractivity contribution in [3.63, 3.8) is 0 Å². The van der Waals surface area contributed by atoms with Crippen LogP contribution < -0.4 is 10.0 Å². The molecular formula is C26H31ClFN3O7S. The molecule has 2 aromatic rings. The number of carbonyl (C=O) groups excluding carboxylic acids is 3. The van der Waals surface area contributed by atoms with E-state index in [1.165, 1.54) is 17.0 Å². The molecule has 0 spiro atoms. The number of amides is 1. The van der Waals surface area contributed by atoms with Crippen molar-refractivity contribution < 1.29 is 37.4 Å². The first-order valence-corrected chi connectivity index (χ1v) is 14.2. The third-order valence-electron chi connectivity index (χ3n) is 6.40. The fraction of sp³-hybridized carbons (Fsp3) is 0.423. The van der Waals surface area contributed by atoms with Crippen LogP contribution in [-0.4, -0.2) is 61.1 Å². The van der Waals surface area contributed by atoms with Crippen molar-refractivity contribution in [2.75, 3.05) is 19.6 Å². The number of hydrogen-bond donors (Lipinski definition) is 4. The van der Waals surface area contributed by atoms with Gasteiger partial charge in [0.25, 0.3) is 5.91 Å². The van der Waals surface area contributed by atoms with Crippen LogP contribution in [0.25, 0.3) is 0 Å². The van der Waals surface area contributed by atoms with E-state index in [9.17, 15) is 37.4 Å². The molecule has 3 rings (SSSR count). The molecule has 4 N–H and O–H groups in total. The number of fused-ring (bicyclic) bond motifs is 1. The van der Waals surface area contributed by atoms with Crippen molar-refractivity contribution in [3.8, 4) is 11.5 Å². The quantitative estimate of drug-likeness (QED) is 0.150. The first-order chi connectivity index (χ1) is 18.3. The van der Waals surface area contributed by atoms with Crippen LogP contribution in [0.3, 0.4) is 0 Å². The lowest BCUT2D eigenvalue weighted by Crippen LogP contribution is -2.32. The van der Waals surface area contributed by atoms with Gasteiger partial charge in [0.2, 0.25) is 10.0 Å². The summed E-state index contributed by atoms with van der Waals surface area (Å²) in [6.45, 7) is 4.29. The fourth-order valence-electron chi connectivity index (χ4n) is 4.51. The van der Waals surface area contributed by atoms with E-state index < -0.39 is 33.2 Å². The molecule has 1 aliphatic rings. The van der Waals surface area contributed by atoms with Gasteiger partial charge in [-0.25, -0.2) is 17.5 Å². The summed E-state index contributed by atoms with van der Waals surface area (Å²) in [5.41, 5.74) is 0.237. The smallest absolute Gasteiger partial charge is 0.258 e. The standard InChI is InChI=1S/C26H31ClFN3O7S/c1-15(10-29-12-18(33)5-6-32)7-16(2)11-30-39(37,38)23-9-22(34)25(35)24-19(23)14-31(26(24)36)13-17-3-4-21(28)20(27)8-17/h3-4,6,8-9,15-16,29-30,34-35H,5,7,10-14H2,1-2H3. The van der Waals surface area contributed by atoms with E-state index in [1.54, 1.807) is 0 Å². The molecule has 0 aromatic heterocycles. The van der Waals surface area contributed by atoms with Gasteiger partial charge in [0.15, 0.2) is 17.3 Å². The molecular weight excluding hydrogens is 553 g/mol. The van der Waals surface area contributed by atoms with Gasteiger partial charge < -0.3 is 25.2 Å². The minimum Gasteiger partial charge on any atom is -0.504 e. The highest BCUT2D eigenvalue weighted by Gasteiger charge is 2.37. The van der Waals surface area contributed by atoms with Crippen molar-refractivity contribution in [1.29, 1.82) is 0 Å². The van der Waals surface area contributed by atoms with E-state index in [0.29, 0.717) is 24.8 Å². The largest absolute Gasteiger partial charge is 0.504 e. The Morgan fingerprint density at radius 2 is 1.90 bits per heavy atom. The Balaban J connectivity index is 1.69. The Hall–Kier alpha value is -3.06. The van der Waals surface area contributed by atoms with Gasteiger partial charge in [0, 0.05) is 31.3 Å². The highest BCUT2D eigenvalue weighted by molar-refractivity contribution is 7.89. The van der Waals surface area contributed by atoms with Gasteiger partial charge in [-0.2, -0.15) is 0 Å². The summed E-state index contributed by atoms with van der Waals surface area (Å²) in [5, 5.41) is 23.4. The molecule has 0 saturated carbocycles. The Kier molecular flexibility index (Phi) is 10.1. The van der Waals surface area contributed by atoms with Crippen LogP contribution in [0.1, 0.15) is 48.2 Å². The molecule has 0 fully saturated rings. The molecule has 0 aliphatic carbocycles. The molecule has 2 unspecified atom stereocenters. The van der Waals surface area contributed by atoms with Crippen LogP contribution in [0.15, 0.2) is 29.2 Å². The fourth-order valence-corrected chi connectivity index (χ4v) is 6.13. The zero-order valence-electron chi connectivity index (χ0n) is 21.5. The van der Waals surface area contributed by atoms with E-state index in [0.717, 1.165) is 12.1 Å². The van der Waals surface area contributed by atoms with E-state index in [2.05, 4.69) is 10.0 Å². The van der Waals surface area contributed by atoms with Gasteiger partial charge in [0.1, 0.15) is 12.1 Å². The Morgan fingerprint density at radius 3 is 2.56 bits per heavy atom. The minimum absolute atomic E-state index is 0.0235. The number of phenolic OH excluding ortho intramolecular Hbond substituents is 2. The lowest BCUT2D eigenvalue weighted by molar-refractivity contribution is -0.121. The summed E-state index contributed by atoms with van der Waals surface area (Å²) in [7, 11) is -4.19. The van der Waals surface area contributed by atoms with Crippen molar-refractivity contribution in [2.24, 2.45) is 11.8 Å². The second-order valence-electron chi connectivity index (χ2n) is 9.84. The zero-order chi connectivity index (χ0) is 28.9. The summed E-state index contributed by atoms with van der Waals surface area (Å²) in [4.78, 5) is 35.8. The van der Waals surface area contributed by atoms with E-state index in [4.69, 9.17) is 11.6 Å². The zero-order valence-corrected chi connectivity index (χ0v) is 23.1. The van der Waals surface area contributed by atoms with Crippen molar-refractivity contribution >= 4 is 39.6 Å². The molecule has 13 heteroatoms. The normalized spacial score (nSPS) is 14.8. The average molecular weight is 584 g/mol. The number of nitrogens with zero attached hydrogens (tertiary/aromatic N) is 1. The molecule has 1 aliphatic heterocycles. The third-order valence-corrected chi connectivity index (χ3v) is 8.18. The average Bonchev–Trinajstić information content (AvgIpc) is 3.18. The predicted octanol–water partition coefficient (Wildman–Crippen LogP) is 2.73. The van der Waals surface area contributed by atoms with Gasteiger partial charge in [-0.05, 0) is 42.5 Å². The van der Waals surface area contributed by atoms with Crippen LogP contribution in [0.4, 0.5) is 4.39 Å². The maximum atomic E-state index is 13.5. The van der Waals surface area contributed by atoms with Gasteiger partial charge in [-0.15, -0.1) is 0 Å². The first kappa shape index (κ1) is 30.5. The lowest BCUT2D eigenvalue weighted by atomic mass is 9.97. The number of aromatic hydroxyl groups is 2. The SMILES string of the molecule is CC(CNCC(=O)CC=O)CC(C)CNS(=O)(=O)c1cc(O)c(O)c2c1CN(Cc1ccc(F)c(Cl)c1)C2=O. The van der Waals surface area contributed by atoms with E-state index in [1.807, 2.05) is 13.8 Å². The lowest BCUT2D eigenvalue weighted by Gasteiger charge is -2.19. The number of halogens is 2. The Labute approximate surface area is 231 Å². The number of Topliss-reactive ketones (excluding diaryl/α,β-unsaturated/α-hetero) is 1. The van der Waals surface area contributed by atoms with E-state index in [-0.39, 0.29) is 71.3 Å². The monoisotopic (exact) mass is 583 g/mol. The van der Waals surface area contributed by atoms with Crippen LogP contribution in [-0.2, 0) is 32.7 Å². The molecule has 212 valence electrons. The topological polar surface area (TPSA) is 153 Å². The van der Waals surface area contributed by atoms with Crippen LogP contribution in [0, 0.1) is 17.7 Å². The number of ketones is 1. The molecule has 0 radical (unpaired) electrons. The number of carbonyl (C=O) groups is 3. The second kappa shape index (κ2) is 12.9. The number of benzene rings is 2. The number of hydrogen-bond acceptors (Lipinski definition) is 8. The molecule has 39 heavy (non-hydrogen) atoms. The number of sulfonamides is 1. The Bertz CT molecular complexity index is 1370. The highest BCUT2D eigenvalue weighted by Crippen LogP contribution is 2.41. The number of rotatable bonds is 14. The van der Waals surface area contributed by atoms with Crippen LogP contribution in [0.2, 0.25) is 5.02 Å². The number of phenols is 2. The molecule has 2 aromatic carbocycles. The van der Waals surface area contributed by atoms with Crippen LogP contribution in [0.5, 0.6) is 11.5 Å². The maximum absolute atomic E-state index is 13.5. The maximum Gasteiger partial charge on any atom is 0.258 e. The molecule has 10 nitrogen and oxygen atoms in total. The van der Waals surface area contributed by atoms with E-state index >= 15 is 0 Å². The summed E-state index contributed by atoms with van der Waals surface area (Å²) in [5.74, 6) is -2.95. The van der Waals surface area contributed by atoms with Gasteiger partial charge in [-0.3, -0.25) is 9.59 Å². The predicted molar refractivity (Wildman–Crippen MR) is 141 cm³/mol. The molecule has 1 amide bonds. The molecule has 2 atom stereocenters. The Morgan fingerprint density at radius 1 is 1.21 bits per heavy atom. The van der Waals surface area contributed by atoms with Crippen LogP contribution >= 0.6 is 11.6 Å². The van der Waals surface area contributed by atoms with Gasteiger partial charge >= 0.3 is 0 Å². The van der Waals surface area contributed by atoms with Gasteiger partial charge in [-0.1, -0.05) is 31.5 Å². The minimum atomic E-state index is -4.19. The second-order valence-corrected chi connectivity index (χ2v) is 12.0. The molecule has 0 saturated heterocycles. The number of nitrogens with one attached hydrogen (secondary N) is 2. The summed E-state index contributed by atoms with van der Waals surface area (Å²) in [6, 6.07) is 4.86. The third kappa shape index (κ3) is 7.53. The highest BCUT2D eigenvalue weighted by atomic mass is 35.5. The van der Waals surface area contributed by atoms with Crippen molar-refractivity contribution in [1.82, 2.24) is 14.9 Å². The molecule has 1 heterocycles. The number of aldehydes is 1. The molecule has 0 bridgehead atoms. The summed E-state index contributed by atoms with van der Waals surface area (Å²) >= 11 is 5.83. The van der Waals surface area contributed by atoms with Crippen molar-refractivity contribution in [2.45, 2.75) is 44.7 Å². The van der Waals surface area contributed by atoms with Crippen molar-refractivity contribution in [3.05, 3.63) is 51.8 Å². The summed E-state index contributed by atoms with van der Waals surface area (Å²) in [6.07, 6.45) is 1.04. The summed E-state index contributed by atoms with van der Waals surface area (Å²) < 4.78 is 42.5. The van der Waals surface area contributed by atoms with Gasteiger partial charge in [0.05, 0.1) is 28.4 Å². The first-order valence-electron chi connectivity index (χ1n) is 12.3.